The van der Waals surface area contributed by atoms with Crippen LogP contribution in [0.25, 0.3) is 0 Å². The molecule has 1 heterocycles. The minimum absolute atomic E-state index is 0.0743. The van der Waals surface area contributed by atoms with Crippen LogP contribution >= 0.6 is 22.9 Å². The molecule has 0 fully saturated rings. The van der Waals surface area contributed by atoms with Gasteiger partial charge in [0.1, 0.15) is 0 Å². The van der Waals surface area contributed by atoms with Crippen molar-refractivity contribution in [1.29, 1.82) is 0 Å². The largest absolute Gasteiger partial charge is 0.466 e. The SMILES string of the molecule is CCOC(=O)CCC(Cl)c1ccc(CC)s1. The van der Waals surface area contributed by atoms with E-state index in [0.29, 0.717) is 19.4 Å². The van der Waals surface area contributed by atoms with Crippen LogP contribution in [-0.2, 0) is 16.0 Å². The van der Waals surface area contributed by atoms with Crippen molar-refractivity contribution in [3.8, 4) is 0 Å². The Hall–Kier alpha value is -0.540. The molecule has 0 radical (unpaired) electrons. The molecule has 1 aromatic rings. The molecule has 0 aliphatic rings. The van der Waals surface area contributed by atoms with Gasteiger partial charge in [-0.2, -0.15) is 0 Å². The van der Waals surface area contributed by atoms with Gasteiger partial charge in [-0.15, -0.1) is 22.9 Å². The standard InChI is InChI=1S/C12H17ClO2S/c1-3-9-5-7-11(16-9)10(13)6-8-12(14)15-4-2/h5,7,10H,3-4,6,8H2,1-2H3. The number of alkyl halides is 1. The Labute approximate surface area is 106 Å². The lowest BCUT2D eigenvalue weighted by molar-refractivity contribution is -0.143. The first-order chi connectivity index (χ1) is 7.67. The number of ether oxygens (including phenoxy) is 1. The number of hydrogen-bond acceptors (Lipinski definition) is 3. The second-order valence-corrected chi connectivity index (χ2v) is 5.20. The van der Waals surface area contributed by atoms with Gasteiger partial charge in [0.2, 0.25) is 0 Å². The van der Waals surface area contributed by atoms with Crippen LogP contribution in [0.5, 0.6) is 0 Å². The average molecular weight is 261 g/mol. The maximum Gasteiger partial charge on any atom is 0.305 e. The van der Waals surface area contributed by atoms with E-state index in [0.717, 1.165) is 11.3 Å². The van der Waals surface area contributed by atoms with E-state index in [1.54, 1.807) is 11.3 Å². The Balaban J connectivity index is 2.40. The molecule has 0 aliphatic heterocycles. The Kier molecular flexibility index (Phi) is 5.85. The van der Waals surface area contributed by atoms with Crippen molar-refractivity contribution in [2.45, 2.75) is 38.5 Å². The van der Waals surface area contributed by atoms with Gasteiger partial charge in [-0.05, 0) is 31.9 Å². The molecule has 0 N–H and O–H groups in total. The van der Waals surface area contributed by atoms with Crippen LogP contribution in [0.3, 0.4) is 0 Å². The van der Waals surface area contributed by atoms with Crippen molar-refractivity contribution in [3.05, 3.63) is 21.9 Å². The molecular formula is C12H17ClO2S. The zero-order valence-corrected chi connectivity index (χ0v) is 11.2. The summed E-state index contributed by atoms with van der Waals surface area (Å²) in [7, 11) is 0. The van der Waals surface area contributed by atoms with Crippen molar-refractivity contribution in [3.63, 3.8) is 0 Å². The molecule has 1 aromatic heterocycles. The Morgan fingerprint density at radius 2 is 2.25 bits per heavy atom. The quantitative estimate of drug-likeness (QED) is 0.572. The first-order valence-electron chi connectivity index (χ1n) is 5.55. The van der Waals surface area contributed by atoms with Crippen molar-refractivity contribution in [1.82, 2.24) is 0 Å². The van der Waals surface area contributed by atoms with Crippen molar-refractivity contribution in [2.75, 3.05) is 6.61 Å². The molecule has 2 nitrogen and oxygen atoms in total. The fourth-order valence-corrected chi connectivity index (χ4v) is 2.65. The monoisotopic (exact) mass is 260 g/mol. The van der Waals surface area contributed by atoms with E-state index in [4.69, 9.17) is 16.3 Å². The molecule has 1 rings (SSSR count). The van der Waals surface area contributed by atoms with Crippen LogP contribution < -0.4 is 0 Å². The molecule has 90 valence electrons. The highest BCUT2D eigenvalue weighted by molar-refractivity contribution is 7.12. The number of hydrogen-bond donors (Lipinski definition) is 0. The summed E-state index contributed by atoms with van der Waals surface area (Å²) in [5.41, 5.74) is 0. The highest BCUT2D eigenvalue weighted by atomic mass is 35.5. The lowest BCUT2D eigenvalue weighted by Crippen LogP contribution is -2.04. The maximum atomic E-state index is 11.2. The Bertz CT molecular complexity index is 336. The van der Waals surface area contributed by atoms with Gasteiger partial charge in [-0.3, -0.25) is 4.79 Å². The summed E-state index contributed by atoms with van der Waals surface area (Å²) in [6, 6.07) is 4.14. The molecule has 1 unspecified atom stereocenters. The summed E-state index contributed by atoms with van der Waals surface area (Å²) >= 11 is 7.95. The van der Waals surface area contributed by atoms with E-state index in [2.05, 4.69) is 13.0 Å². The summed E-state index contributed by atoms with van der Waals surface area (Å²) in [6.07, 6.45) is 2.07. The Morgan fingerprint density at radius 1 is 1.50 bits per heavy atom. The summed E-state index contributed by atoms with van der Waals surface area (Å²) in [6.45, 7) is 4.37. The number of rotatable bonds is 6. The molecular weight excluding hydrogens is 244 g/mol. The third-order valence-corrected chi connectivity index (χ3v) is 4.17. The van der Waals surface area contributed by atoms with E-state index >= 15 is 0 Å². The van der Waals surface area contributed by atoms with E-state index in [1.807, 2.05) is 13.0 Å². The molecule has 0 spiro atoms. The third kappa shape index (κ3) is 4.14. The first-order valence-corrected chi connectivity index (χ1v) is 6.81. The van der Waals surface area contributed by atoms with Gasteiger partial charge in [-0.1, -0.05) is 6.92 Å². The van der Waals surface area contributed by atoms with Crippen molar-refractivity contribution in [2.24, 2.45) is 0 Å². The number of carbonyl (C=O) groups excluding carboxylic acids is 1. The van der Waals surface area contributed by atoms with Crippen molar-refractivity contribution >= 4 is 28.9 Å². The van der Waals surface area contributed by atoms with Crippen LogP contribution in [0.4, 0.5) is 0 Å². The van der Waals surface area contributed by atoms with E-state index in [1.165, 1.54) is 4.88 Å². The predicted molar refractivity (Wildman–Crippen MR) is 68.2 cm³/mol. The minimum atomic E-state index is -0.166. The molecule has 16 heavy (non-hydrogen) atoms. The lowest BCUT2D eigenvalue weighted by Gasteiger charge is -2.06. The second-order valence-electron chi connectivity index (χ2n) is 3.47. The maximum absolute atomic E-state index is 11.2. The lowest BCUT2D eigenvalue weighted by atomic mass is 10.2. The number of esters is 1. The smallest absolute Gasteiger partial charge is 0.305 e. The van der Waals surface area contributed by atoms with Gasteiger partial charge >= 0.3 is 5.97 Å². The molecule has 1 atom stereocenters. The fourth-order valence-electron chi connectivity index (χ4n) is 1.37. The van der Waals surface area contributed by atoms with Crippen LogP contribution in [0.1, 0.15) is 41.8 Å². The van der Waals surface area contributed by atoms with Gasteiger partial charge < -0.3 is 4.74 Å². The van der Waals surface area contributed by atoms with Crippen LogP contribution in [0.2, 0.25) is 0 Å². The van der Waals surface area contributed by atoms with Gasteiger partial charge in [-0.25, -0.2) is 0 Å². The topological polar surface area (TPSA) is 26.3 Å². The highest BCUT2D eigenvalue weighted by Gasteiger charge is 2.13. The van der Waals surface area contributed by atoms with Crippen LogP contribution in [-0.4, -0.2) is 12.6 Å². The summed E-state index contributed by atoms with van der Waals surface area (Å²) in [4.78, 5) is 13.6. The average Bonchev–Trinajstić information content (AvgIpc) is 2.75. The van der Waals surface area contributed by atoms with Crippen LogP contribution in [0.15, 0.2) is 12.1 Å². The number of halogens is 1. The van der Waals surface area contributed by atoms with Gasteiger partial charge in [0, 0.05) is 16.2 Å². The van der Waals surface area contributed by atoms with Gasteiger partial charge in [0.05, 0.1) is 12.0 Å². The summed E-state index contributed by atoms with van der Waals surface area (Å²) in [5.74, 6) is -0.166. The highest BCUT2D eigenvalue weighted by Crippen LogP contribution is 2.31. The summed E-state index contributed by atoms with van der Waals surface area (Å²) in [5, 5.41) is -0.0743. The predicted octanol–water partition coefficient (Wildman–Crippen LogP) is 3.93. The fraction of sp³-hybridized carbons (Fsp3) is 0.583. The van der Waals surface area contributed by atoms with Gasteiger partial charge in [0.25, 0.3) is 0 Å². The molecule has 4 heteroatoms. The van der Waals surface area contributed by atoms with E-state index < -0.39 is 0 Å². The van der Waals surface area contributed by atoms with E-state index in [9.17, 15) is 4.79 Å². The zero-order valence-electron chi connectivity index (χ0n) is 9.66. The number of thiophene rings is 1. The summed E-state index contributed by atoms with van der Waals surface area (Å²) < 4.78 is 4.86. The minimum Gasteiger partial charge on any atom is -0.466 e. The van der Waals surface area contributed by atoms with E-state index in [-0.39, 0.29) is 11.3 Å². The molecule has 0 aromatic carbocycles. The third-order valence-electron chi connectivity index (χ3n) is 2.25. The Morgan fingerprint density at radius 3 is 2.81 bits per heavy atom. The van der Waals surface area contributed by atoms with Gasteiger partial charge in [0.15, 0.2) is 0 Å². The zero-order chi connectivity index (χ0) is 12.0. The molecule has 0 saturated heterocycles. The number of carbonyl (C=O) groups is 1. The molecule has 0 bridgehead atoms. The molecule has 0 aliphatic carbocycles. The normalized spacial score (nSPS) is 12.4. The first kappa shape index (κ1) is 13.5. The van der Waals surface area contributed by atoms with Crippen LogP contribution in [0, 0.1) is 0 Å². The second kappa shape index (κ2) is 6.92. The number of aryl methyl sites for hydroxylation is 1. The van der Waals surface area contributed by atoms with Crippen molar-refractivity contribution < 1.29 is 9.53 Å². The molecule has 0 amide bonds. The molecule has 0 saturated carbocycles.